The van der Waals surface area contributed by atoms with Crippen molar-refractivity contribution in [2.75, 3.05) is 14.1 Å². The topological polar surface area (TPSA) is 37.0 Å². The third-order valence-electron chi connectivity index (χ3n) is 1.62. The van der Waals surface area contributed by atoms with E-state index in [1.807, 2.05) is 26.2 Å². The first-order valence-electron chi connectivity index (χ1n) is 3.63. The van der Waals surface area contributed by atoms with Crippen LogP contribution < -0.4 is 10.6 Å². The maximum atomic E-state index is 3.94. The Labute approximate surface area is 66.8 Å². The smallest absolute Gasteiger partial charge is 0.0831 e. The van der Waals surface area contributed by atoms with Gasteiger partial charge in [-0.3, -0.25) is 4.98 Å². The van der Waals surface area contributed by atoms with Crippen LogP contribution in [-0.2, 0) is 0 Å². The first-order chi connectivity index (χ1) is 5.38. The zero-order valence-electron chi connectivity index (χ0n) is 6.83. The van der Waals surface area contributed by atoms with E-state index in [2.05, 4.69) is 15.6 Å². The van der Waals surface area contributed by atoms with E-state index in [4.69, 9.17) is 0 Å². The van der Waals surface area contributed by atoms with E-state index in [0.29, 0.717) is 0 Å². The Bertz CT molecular complexity index is 194. The van der Waals surface area contributed by atoms with E-state index < -0.39 is 0 Å². The Morgan fingerprint density at radius 3 is 2.18 bits per heavy atom. The van der Waals surface area contributed by atoms with Gasteiger partial charge in [0.25, 0.3) is 0 Å². The molecule has 1 rings (SSSR count). The summed E-state index contributed by atoms with van der Waals surface area (Å²) in [6.07, 6.45) is 3.80. The Morgan fingerprint density at radius 2 is 1.73 bits per heavy atom. The summed E-state index contributed by atoms with van der Waals surface area (Å²) in [7, 11) is 3.84. The van der Waals surface area contributed by atoms with Gasteiger partial charge in [0.05, 0.1) is 6.17 Å². The molecule has 0 spiro atoms. The Morgan fingerprint density at radius 1 is 1.18 bits per heavy atom. The number of nitrogens with zero attached hydrogens (tertiary/aromatic N) is 1. The maximum Gasteiger partial charge on any atom is 0.0831 e. The third kappa shape index (κ3) is 2.00. The SMILES string of the molecule is CNC(NC)c1ccncc1. The molecule has 0 aliphatic heterocycles. The fourth-order valence-electron chi connectivity index (χ4n) is 1.03. The van der Waals surface area contributed by atoms with Crippen LogP contribution >= 0.6 is 0 Å². The molecule has 0 atom stereocenters. The van der Waals surface area contributed by atoms with Crippen molar-refractivity contribution in [1.82, 2.24) is 15.6 Å². The first kappa shape index (κ1) is 8.17. The minimum absolute atomic E-state index is 0.220. The highest BCUT2D eigenvalue weighted by Crippen LogP contribution is 2.05. The Hall–Kier alpha value is -0.930. The van der Waals surface area contributed by atoms with E-state index in [0.717, 1.165) is 0 Å². The molecule has 0 radical (unpaired) electrons. The van der Waals surface area contributed by atoms with Crippen molar-refractivity contribution in [2.45, 2.75) is 6.17 Å². The normalized spacial score (nSPS) is 10.5. The van der Waals surface area contributed by atoms with Crippen molar-refractivity contribution in [2.24, 2.45) is 0 Å². The Balaban J connectivity index is 2.74. The molecule has 60 valence electrons. The van der Waals surface area contributed by atoms with E-state index in [1.54, 1.807) is 12.4 Å². The molecule has 1 aromatic heterocycles. The molecular formula is C8H13N3. The lowest BCUT2D eigenvalue weighted by molar-refractivity contribution is 0.519. The van der Waals surface area contributed by atoms with Crippen molar-refractivity contribution in [3.8, 4) is 0 Å². The Kier molecular flexibility index (Phi) is 3.01. The number of rotatable bonds is 3. The van der Waals surface area contributed by atoms with Gasteiger partial charge >= 0.3 is 0 Å². The van der Waals surface area contributed by atoms with Gasteiger partial charge in [0.15, 0.2) is 0 Å². The van der Waals surface area contributed by atoms with Gasteiger partial charge in [-0.25, -0.2) is 0 Å². The molecular weight excluding hydrogens is 138 g/mol. The van der Waals surface area contributed by atoms with Crippen LogP contribution in [0.2, 0.25) is 0 Å². The van der Waals surface area contributed by atoms with Crippen LogP contribution in [0.15, 0.2) is 24.5 Å². The number of hydrogen-bond acceptors (Lipinski definition) is 3. The molecule has 0 aliphatic carbocycles. The van der Waals surface area contributed by atoms with Crippen LogP contribution in [-0.4, -0.2) is 19.1 Å². The van der Waals surface area contributed by atoms with Crippen molar-refractivity contribution in [3.63, 3.8) is 0 Å². The molecule has 0 unspecified atom stereocenters. The monoisotopic (exact) mass is 151 g/mol. The quantitative estimate of drug-likeness (QED) is 0.618. The minimum atomic E-state index is 0.220. The molecule has 0 aliphatic rings. The van der Waals surface area contributed by atoms with Crippen LogP contribution in [0.1, 0.15) is 11.7 Å². The molecule has 0 saturated carbocycles. The first-order valence-corrected chi connectivity index (χ1v) is 3.63. The number of pyridine rings is 1. The summed E-state index contributed by atoms with van der Waals surface area (Å²) in [6, 6.07) is 3.97. The maximum absolute atomic E-state index is 3.94. The average Bonchev–Trinajstić information content (AvgIpc) is 2.09. The summed E-state index contributed by atoms with van der Waals surface area (Å²) < 4.78 is 0. The molecule has 0 saturated heterocycles. The van der Waals surface area contributed by atoms with E-state index >= 15 is 0 Å². The zero-order chi connectivity index (χ0) is 8.10. The van der Waals surface area contributed by atoms with Crippen molar-refractivity contribution < 1.29 is 0 Å². The summed E-state index contributed by atoms with van der Waals surface area (Å²) in [4.78, 5) is 3.94. The molecule has 3 heteroatoms. The van der Waals surface area contributed by atoms with E-state index in [1.165, 1.54) is 5.56 Å². The predicted molar refractivity (Wildman–Crippen MR) is 45.1 cm³/mol. The zero-order valence-corrected chi connectivity index (χ0v) is 6.83. The molecule has 2 N–H and O–H groups in total. The highest BCUT2D eigenvalue weighted by Gasteiger charge is 2.02. The average molecular weight is 151 g/mol. The molecule has 0 bridgehead atoms. The molecule has 0 aromatic carbocycles. The van der Waals surface area contributed by atoms with Crippen LogP contribution in [0.25, 0.3) is 0 Å². The fraction of sp³-hybridized carbons (Fsp3) is 0.375. The van der Waals surface area contributed by atoms with Gasteiger partial charge < -0.3 is 10.6 Å². The van der Waals surface area contributed by atoms with Gasteiger partial charge in [-0.05, 0) is 31.8 Å². The lowest BCUT2D eigenvalue weighted by atomic mass is 10.2. The summed E-state index contributed by atoms with van der Waals surface area (Å²) in [6.45, 7) is 0. The van der Waals surface area contributed by atoms with Crippen molar-refractivity contribution in [3.05, 3.63) is 30.1 Å². The van der Waals surface area contributed by atoms with Gasteiger partial charge in [0.2, 0.25) is 0 Å². The van der Waals surface area contributed by atoms with Gasteiger partial charge in [-0.1, -0.05) is 0 Å². The number of aromatic nitrogens is 1. The van der Waals surface area contributed by atoms with Crippen molar-refractivity contribution >= 4 is 0 Å². The summed E-state index contributed by atoms with van der Waals surface area (Å²) in [5, 5.41) is 6.26. The van der Waals surface area contributed by atoms with Gasteiger partial charge in [-0.2, -0.15) is 0 Å². The summed E-state index contributed by atoms with van der Waals surface area (Å²) in [5.41, 5.74) is 1.20. The van der Waals surface area contributed by atoms with Crippen LogP contribution in [0.4, 0.5) is 0 Å². The second-order valence-electron chi connectivity index (χ2n) is 2.29. The number of nitrogens with one attached hydrogen (secondary N) is 2. The predicted octanol–water partition coefficient (Wildman–Crippen LogP) is 0.519. The molecule has 0 amide bonds. The standard InChI is InChI=1S/C8H13N3/c1-9-8(10-2)7-3-5-11-6-4-7/h3-6,8-10H,1-2H3. The highest BCUT2D eigenvalue weighted by molar-refractivity contribution is 5.13. The summed E-state index contributed by atoms with van der Waals surface area (Å²) >= 11 is 0. The van der Waals surface area contributed by atoms with Crippen molar-refractivity contribution in [1.29, 1.82) is 0 Å². The highest BCUT2D eigenvalue weighted by atomic mass is 15.1. The second kappa shape index (κ2) is 4.05. The van der Waals surface area contributed by atoms with Gasteiger partial charge in [-0.15, -0.1) is 0 Å². The molecule has 1 aromatic rings. The molecule has 11 heavy (non-hydrogen) atoms. The van der Waals surface area contributed by atoms with Crippen LogP contribution in [0.5, 0.6) is 0 Å². The third-order valence-corrected chi connectivity index (χ3v) is 1.62. The number of hydrogen-bond donors (Lipinski definition) is 2. The largest absolute Gasteiger partial charge is 0.301 e. The van der Waals surface area contributed by atoms with E-state index in [9.17, 15) is 0 Å². The summed E-state index contributed by atoms with van der Waals surface area (Å²) in [5.74, 6) is 0. The molecule has 1 heterocycles. The van der Waals surface area contributed by atoms with Gasteiger partial charge in [0.1, 0.15) is 0 Å². The lowest BCUT2D eigenvalue weighted by Crippen LogP contribution is -2.28. The lowest BCUT2D eigenvalue weighted by Gasteiger charge is -2.14. The fourth-order valence-corrected chi connectivity index (χ4v) is 1.03. The molecule has 0 fully saturated rings. The van der Waals surface area contributed by atoms with Crippen LogP contribution in [0.3, 0.4) is 0 Å². The van der Waals surface area contributed by atoms with Gasteiger partial charge in [0, 0.05) is 12.4 Å². The van der Waals surface area contributed by atoms with E-state index in [-0.39, 0.29) is 6.17 Å². The van der Waals surface area contributed by atoms with Crippen LogP contribution in [0, 0.1) is 0 Å². The minimum Gasteiger partial charge on any atom is -0.301 e. The molecule has 3 nitrogen and oxygen atoms in total. The second-order valence-corrected chi connectivity index (χ2v) is 2.29.